The SMILES string of the molecule is CCOC(=O)C(CS)CCCS. The molecule has 0 fully saturated rings. The van der Waals surface area contributed by atoms with Crippen LogP contribution in [0.25, 0.3) is 0 Å². The van der Waals surface area contributed by atoms with E-state index in [1.165, 1.54) is 0 Å². The lowest BCUT2D eigenvalue weighted by molar-refractivity contribution is -0.147. The topological polar surface area (TPSA) is 26.3 Å². The Balaban J connectivity index is 3.71. The molecule has 0 spiro atoms. The van der Waals surface area contributed by atoms with E-state index in [9.17, 15) is 4.79 Å². The highest BCUT2D eigenvalue weighted by atomic mass is 32.1. The molecule has 0 bridgehead atoms. The molecule has 0 heterocycles. The molecular weight excluding hydrogens is 192 g/mol. The van der Waals surface area contributed by atoms with Crippen molar-refractivity contribution in [1.82, 2.24) is 0 Å². The van der Waals surface area contributed by atoms with E-state index in [0.717, 1.165) is 18.6 Å². The fraction of sp³-hybridized carbons (Fsp3) is 0.875. The predicted molar refractivity (Wildman–Crippen MR) is 57.1 cm³/mol. The number of esters is 1. The Morgan fingerprint density at radius 1 is 1.50 bits per heavy atom. The highest BCUT2D eigenvalue weighted by molar-refractivity contribution is 7.80. The Labute approximate surface area is 84.9 Å². The number of hydrogen-bond donors (Lipinski definition) is 2. The van der Waals surface area contributed by atoms with E-state index in [2.05, 4.69) is 25.3 Å². The van der Waals surface area contributed by atoms with Gasteiger partial charge in [-0.05, 0) is 25.5 Å². The van der Waals surface area contributed by atoms with Gasteiger partial charge < -0.3 is 4.74 Å². The van der Waals surface area contributed by atoms with Crippen molar-refractivity contribution >= 4 is 31.2 Å². The summed E-state index contributed by atoms with van der Waals surface area (Å²) in [6.45, 7) is 2.26. The average Bonchev–Trinajstić information content (AvgIpc) is 2.06. The van der Waals surface area contributed by atoms with Crippen molar-refractivity contribution in [1.29, 1.82) is 0 Å². The zero-order valence-corrected chi connectivity index (χ0v) is 9.11. The van der Waals surface area contributed by atoms with Gasteiger partial charge in [0.15, 0.2) is 0 Å². The van der Waals surface area contributed by atoms with Crippen LogP contribution < -0.4 is 0 Å². The first-order chi connectivity index (χ1) is 5.76. The predicted octanol–water partition coefficient (Wildman–Crippen LogP) is 1.81. The van der Waals surface area contributed by atoms with Gasteiger partial charge in [0.05, 0.1) is 12.5 Å². The van der Waals surface area contributed by atoms with Crippen LogP contribution in [-0.4, -0.2) is 24.1 Å². The van der Waals surface area contributed by atoms with Crippen LogP contribution in [0.5, 0.6) is 0 Å². The third kappa shape index (κ3) is 4.93. The minimum atomic E-state index is -0.130. The summed E-state index contributed by atoms with van der Waals surface area (Å²) >= 11 is 8.17. The molecule has 4 heteroatoms. The van der Waals surface area contributed by atoms with E-state index >= 15 is 0 Å². The van der Waals surface area contributed by atoms with E-state index in [1.54, 1.807) is 0 Å². The molecule has 0 amide bonds. The monoisotopic (exact) mass is 208 g/mol. The van der Waals surface area contributed by atoms with Gasteiger partial charge in [0.25, 0.3) is 0 Å². The van der Waals surface area contributed by atoms with Gasteiger partial charge in [0.1, 0.15) is 0 Å². The molecule has 72 valence electrons. The number of ether oxygens (including phenoxy) is 1. The number of thiol groups is 2. The summed E-state index contributed by atoms with van der Waals surface area (Å²) in [7, 11) is 0. The van der Waals surface area contributed by atoms with Crippen LogP contribution in [-0.2, 0) is 9.53 Å². The maximum atomic E-state index is 11.2. The number of carbonyl (C=O) groups is 1. The van der Waals surface area contributed by atoms with Crippen molar-refractivity contribution in [2.45, 2.75) is 19.8 Å². The lowest BCUT2D eigenvalue weighted by atomic mass is 10.1. The third-order valence-electron chi connectivity index (χ3n) is 1.55. The van der Waals surface area contributed by atoms with Gasteiger partial charge in [-0.3, -0.25) is 4.79 Å². The molecular formula is C8H16O2S2. The van der Waals surface area contributed by atoms with Crippen LogP contribution in [0.4, 0.5) is 0 Å². The van der Waals surface area contributed by atoms with Crippen LogP contribution >= 0.6 is 25.3 Å². The maximum absolute atomic E-state index is 11.2. The molecule has 0 rings (SSSR count). The standard InChI is InChI=1S/C8H16O2S2/c1-2-10-8(9)7(6-12)4-3-5-11/h7,11-12H,2-6H2,1H3. The molecule has 0 aliphatic heterocycles. The third-order valence-corrected chi connectivity index (χ3v) is 2.31. The Morgan fingerprint density at radius 2 is 2.17 bits per heavy atom. The smallest absolute Gasteiger partial charge is 0.309 e. The molecule has 0 aliphatic rings. The van der Waals surface area contributed by atoms with E-state index in [4.69, 9.17) is 4.74 Å². The van der Waals surface area contributed by atoms with Gasteiger partial charge in [-0.25, -0.2) is 0 Å². The summed E-state index contributed by atoms with van der Waals surface area (Å²) in [5.74, 6) is 1.19. The molecule has 0 aromatic rings. The fourth-order valence-electron chi connectivity index (χ4n) is 0.881. The summed E-state index contributed by atoms with van der Waals surface area (Å²) < 4.78 is 4.88. The molecule has 1 unspecified atom stereocenters. The van der Waals surface area contributed by atoms with Crippen molar-refractivity contribution in [3.63, 3.8) is 0 Å². The highest BCUT2D eigenvalue weighted by Crippen LogP contribution is 2.11. The molecule has 0 radical (unpaired) electrons. The first kappa shape index (κ1) is 12.2. The van der Waals surface area contributed by atoms with E-state index in [1.807, 2.05) is 6.92 Å². The van der Waals surface area contributed by atoms with Gasteiger partial charge >= 0.3 is 5.97 Å². The quantitative estimate of drug-likeness (QED) is 0.514. The maximum Gasteiger partial charge on any atom is 0.309 e. The molecule has 0 aliphatic carbocycles. The van der Waals surface area contributed by atoms with Gasteiger partial charge in [-0.15, -0.1) is 0 Å². The highest BCUT2D eigenvalue weighted by Gasteiger charge is 2.16. The minimum Gasteiger partial charge on any atom is -0.466 e. The summed E-state index contributed by atoms with van der Waals surface area (Å²) in [5.41, 5.74) is 0. The molecule has 0 aromatic heterocycles. The lowest BCUT2D eigenvalue weighted by Crippen LogP contribution is -2.19. The lowest BCUT2D eigenvalue weighted by Gasteiger charge is -2.11. The van der Waals surface area contributed by atoms with E-state index < -0.39 is 0 Å². The molecule has 12 heavy (non-hydrogen) atoms. The first-order valence-electron chi connectivity index (χ1n) is 4.14. The first-order valence-corrected chi connectivity index (χ1v) is 5.41. The van der Waals surface area contributed by atoms with Gasteiger partial charge in [-0.1, -0.05) is 0 Å². The zero-order chi connectivity index (χ0) is 9.40. The minimum absolute atomic E-state index is 0.0552. The largest absolute Gasteiger partial charge is 0.466 e. The van der Waals surface area contributed by atoms with Crippen LogP contribution in [0.15, 0.2) is 0 Å². The van der Waals surface area contributed by atoms with Crippen molar-refractivity contribution in [3.8, 4) is 0 Å². The molecule has 2 nitrogen and oxygen atoms in total. The summed E-state index contributed by atoms with van der Waals surface area (Å²) in [4.78, 5) is 11.2. The second-order valence-electron chi connectivity index (χ2n) is 2.50. The van der Waals surface area contributed by atoms with Gasteiger partial charge in [-0.2, -0.15) is 25.3 Å². The Hall–Kier alpha value is 0.170. The molecule has 0 saturated heterocycles. The Morgan fingerprint density at radius 3 is 2.58 bits per heavy atom. The number of hydrogen-bond acceptors (Lipinski definition) is 4. The van der Waals surface area contributed by atoms with Crippen LogP contribution in [0, 0.1) is 5.92 Å². The van der Waals surface area contributed by atoms with Crippen molar-refractivity contribution < 1.29 is 9.53 Å². The second-order valence-corrected chi connectivity index (χ2v) is 3.31. The zero-order valence-electron chi connectivity index (χ0n) is 7.32. The van der Waals surface area contributed by atoms with Crippen molar-refractivity contribution in [2.75, 3.05) is 18.1 Å². The normalized spacial score (nSPS) is 12.6. The van der Waals surface area contributed by atoms with Gasteiger partial charge in [0.2, 0.25) is 0 Å². The van der Waals surface area contributed by atoms with Gasteiger partial charge in [0, 0.05) is 5.75 Å². The fourth-order valence-corrected chi connectivity index (χ4v) is 1.40. The van der Waals surface area contributed by atoms with Crippen LogP contribution in [0.3, 0.4) is 0 Å². The van der Waals surface area contributed by atoms with E-state index in [0.29, 0.717) is 12.4 Å². The molecule has 0 saturated carbocycles. The average molecular weight is 208 g/mol. The van der Waals surface area contributed by atoms with Crippen molar-refractivity contribution in [3.05, 3.63) is 0 Å². The molecule has 1 atom stereocenters. The molecule has 0 N–H and O–H groups in total. The summed E-state index contributed by atoms with van der Waals surface area (Å²) in [5, 5.41) is 0. The molecule has 0 aromatic carbocycles. The van der Waals surface area contributed by atoms with Crippen molar-refractivity contribution in [2.24, 2.45) is 5.92 Å². The van der Waals surface area contributed by atoms with Crippen LogP contribution in [0.2, 0.25) is 0 Å². The Bertz CT molecular complexity index is 128. The summed E-state index contributed by atoms with van der Waals surface area (Å²) in [6.07, 6.45) is 1.76. The second kappa shape index (κ2) is 7.80. The number of carbonyl (C=O) groups excluding carboxylic acids is 1. The van der Waals surface area contributed by atoms with E-state index in [-0.39, 0.29) is 11.9 Å². The van der Waals surface area contributed by atoms with Crippen LogP contribution in [0.1, 0.15) is 19.8 Å². The summed E-state index contributed by atoms with van der Waals surface area (Å²) in [6, 6.07) is 0. The number of rotatable bonds is 6. The Kier molecular flexibility index (Phi) is 7.91.